The maximum Gasteiger partial charge on any atom is 0.573 e. The summed E-state index contributed by atoms with van der Waals surface area (Å²) in [5.74, 6) is -1.12. The van der Waals surface area contributed by atoms with Gasteiger partial charge in [0, 0.05) is 24.8 Å². The second-order valence-electron chi connectivity index (χ2n) is 6.39. The van der Waals surface area contributed by atoms with Gasteiger partial charge in [0.05, 0.1) is 12.7 Å². The minimum Gasteiger partial charge on any atom is -0.406 e. The number of nitrogens with one attached hydrogen (secondary N) is 2. The number of hydrogen-bond acceptors (Lipinski definition) is 5. The number of rotatable bonds is 4. The third-order valence-electron chi connectivity index (χ3n) is 4.48. The van der Waals surface area contributed by atoms with Gasteiger partial charge in [0.15, 0.2) is 0 Å². The van der Waals surface area contributed by atoms with Crippen molar-refractivity contribution in [3.63, 3.8) is 0 Å². The summed E-state index contributed by atoms with van der Waals surface area (Å²) in [5, 5.41) is 5.74. The van der Waals surface area contributed by atoms with E-state index in [9.17, 15) is 22.8 Å². The van der Waals surface area contributed by atoms with Crippen LogP contribution in [0.4, 0.5) is 18.9 Å². The number of hydrogen-bond donors (Lipinski definition) is 2. The molecular formula is C17H20F3N3O4. The molecule has 0 saturated carbocycles. The summed E-state index contributed by atoms with van der Waals surface area (Å²) in [6.07, 6.45) is -4.77. The van der Waals surface area contributed by atoms with E-state index in [4.69, 9.17) is 4.74 Å². The van der Waals surface area contributed by atoms with Gasteiger partial charge in [-0.25, -0.2) is 0 Å². The molecule has 148 valence electrons. The normalized spacial score (nSPS) is 26.1. The third-order valence-corrected chi connectivity index (χ3v) is 4.48. The first-order chi connectivity index (χ1) is 12.7. The number of amides is 2. The quantitative estimate of drug-likeness (QED) is 0.811. The van der Waals surface area contributed by atoms with Crippen LogP contribution in [0.5, 0.6) is 5.75 Å². The number of morpholine rings is 1. The first-order valence-corrected chi connectivity index (χ1v) is 8.57. The largest absolute Gasteiger partial charge is 0.573 e. The van der Waals surface area contributed by atoms with Gasteiger partial charge in [-0.3, -0.25) is 9.59 Å². The van der Waals surface area contributed by atoms with E-state index in [0.717, 1.165) is 12.1 Å². The highest BCUT2D eigenvalue weighted by Gasteiger charge is 2.37. The van der Waals surface area contributed by atoms with Crippen LogP contribution in [0.2, 0.25) is 0 Å². The van der Waals surface area contributed by atoms with Crippen LogP contribution in [0.1, 0.15) is 13.3 Å². The van der Waals surface area contributed by atoms with Crippen LogP contribution in [0, 0.1) is 0 Å². The van der Waals surface area contributed by atoms with E-state index < -0.39 is 24.2 Å². The number of anilines is 1. The Morgan fingerprint density at radius 2 is 2.19 bits per heavy atom. The fourth-order valence-corrected chi connectivity index (χ4v) is 3.21. The van der Waals surface area contributed by atoms with E-state index in [1.165, 1.54) is 17.0 Å². The molecule has 0 spiro atoms. The highest BCUT2D eigenvalue weighted by atomic mass is 19.4. The molecule has 3 atom stereocenters. The Balaban J connectivity index is 1.64. The number of halogens is 3. The molecule has 0 bridgehead atoms. The summed E-state index contributed by atoms with van der Waals surface area (Å²) in [6, 6.07) is 3.91. The molecule has 10 heteroatoms. The second-order valence-corrected chi connectivity index (χ2v) is 6.39. The van der Waals surface area contributed by atoms with Crippen molar-refractivity contribution in [2.24, 2.45) is 0 Å². The number of carbonyl (C=O) groups is 2. The average Bonchev–Trinajstić information content (AvgIpc) is 2.94. The van der Waals surface area contributed by atoms with Crippen molar-refractivity contribution in [1.29, 1.82) is 0 Å². The van der Waals surface area contributed by atoms with E-state index in [1.807, 2.05) is 0 Å². The Hall–Kier alpha value is -2.33. The van der Waals surface area contributed by atoms with Gasteiger partial charge in [0.25, 0.3) is 0 Å². The molecule has 0 radical (unpaired) electrons. The van der Waals surface area contributed by atoms with Crippen LogP contribution < -0.4 is 20.3 Å². The summed E-state index contributed by atoms with van der Waals surface area (Å²) in [4.78, 5) is 26.3. The average molecular weight is 387 g/mol. The van der Waals surface area contributed by atoms with Crippen LogP contribution in [-0.4, -0.2) is 56.1 Å². The molecular weight excluding hydrogens is 367 g/mol. The van der Waals surface area contributed by atoms with Crippen molar-refractivity contribution in [2.75, 3.05) is 24.6 Å². The van der Waals surface area contributed by atoms with Crippen LogP contribution in [0.15, 0.2) is 24.3 Å². The molecule has 1 unspecified atom stereocenters. The molecule has 2 amide bonds. The number of carbonyl (C=O) groups excluding carboxylic acids is 2. The fourth-order valence-electron chi connectivity index (χ4n) is 3.21. The van der Waals surface area contributed by atoms with Crippen molar-refractivity contribution in [2.45, 2.75) is 37.9 Å². The fraction of sp³-hybridized carbons (Fsp3) is 0.529. The number of alkyl halides is 3. The maximum atomic E-state index is 12.6. The van der Waals surface area contributed by atoms with Gasteiger partial charge in [-0.1, -0.05) is 6.07 Å². The van der Waals surface area contributed by atoms with Crippen molar-refractivity contribution < 1.29 is 32.2 Å². The van der Waals surface area contributed by atoms with Gasteiger partial charge >= 0.3 is 6.36 Å². The molecule has 27 heavy (non-hydrogen) atoms. The molecule has 3 rings (SSSR count). The summed E-state index contributed by atoms with van der Waals surface area (Å²) >= 11 is 0. The summed E-state index contributed by atoms with van der Waals surface area (Å²) in [7, 11) is 0. The van der Waals surface area contributed by atoms with Gasteiger partial charge in [0.1, 0.15) is 17.8 Å². The standard InChI is InChI=1S/C17H20F3N3O4/c1-10-14(21-6-8-26-10)15(24)22-13-5-7-23(16(13)25)11-3-2-4-12(9-11)27-17(18,19)20/h2-4,9-10,13-14,21H,5-8H2,1H3,(H,22,24)/t10-,13?,14+/m1/s1. The van der Waals surface area contributed by atoms with E-state index in [2.05, 4.69) is 15.4 Å². The molecule has 2 aliphatic heterocycles. The summed E-state index contributed by atoms with van der Waals surface area (Å²) in [6.45, 7) is 3.10. The SMILES string of the molecule is C[C@H]1OCCN[C@@H]1C(=O)NC1CCN(c2cccc(OC(F)(F)F)c2)C1=O. The molecule has 1 aromatic carbocycles. The maximum absolute atomic E-state index is 12.6. The van der Waals surface area contributed by atoms with E-state index in [-0.39, 0.29) is 30.2 Å². The van der Waals surface area contributed by atoms with Gasteiger partial charge in [-0.05, 0) is 25.5 Å². The molecule has 2 N–H and O–H groups in total. The smallest absolute Gasteiger partial charge is 0.406 e. The Morgan fingerprint density at radius 3 is 2.89 bits per heavy atom. The molecule has 0 aromatic heterocycles. The topological polar surface area (TPSA) is 79.9 Å². The Labute approximate surface area is 153 Å². The van der Waals surface area contributed by atoms with Crippen LogP contribution in [0.25, 0.3) is 0 Å². The molecule has 1 aromatic rings. The molecule has 2 fully saturated rings. The predicted molar refractivity (Wildman–Crippen MR) is 89.2 cm³/mol. The first kappa shape index (κ1) is 19.4. The minimum absolute atomic E-state index is 0.281. The van der Waals surface area contributed by atoms with Crippen molar-refractivity contribution in [3.05, 3.63) is 24.3 Å². The van der Waals surface area contributed by atoms with E-state index >= 15 is 0 Å². The van der Waals surface area contributed by atoms with Gasteiger partial charge < -0.3 is 25.0 Å². The highest BCUT2D eigenvalue weighted by molar-refractivity contribution is 6.01. The zero-order valence-corrected chi connectivity index (χ0v) is 14.6. The van der Waals surface area contributed by atoms with Crippen LogP contribution >= 0.6 is 0 Å². The summed E-state index contributed by atoms with van der Waals surface area (Å²) < 4.78 is 46.4. The lowest BCUT2D eigenvalue weighted by Gasteiger charge is -2.30. The summed E-state index contributed by atoms with van der Waals surface area (Å²) in [5.41, 5.74) is 0.283. The van der Waals surface area contributed by atoms with E-state index in [0.29, 0.717) is 19.6 Å². The Kier molecular flexibility index (Phi) is 5.56. The Morgan fingerprint density at radius 1 is 1.41 bits per heavy atom. The molecule has 2 aliphatic rings. The number of benzene rings is 1. The van der Waals surface area contributed by atoms with Crippen molar-refractivity contribution in [3.8, 4) is 5.75 Å². The monoisotopic (exact) mass is 387 g/mol. The number of ether oxygens (including phenoxy) is 2. The first-order valence-electron chi connectivity index (χ1n) is 8.57. The van der Waals surface area contributed by atoms with Gasteiger partial charge in [-0.2, -0.15) is 0 Å². The zero-order chi connectivity index (χ0) is 19.6. The zero-order valence-electron chi connectivity index (χ0n) is 14.6. The minimum atomic E-state index is -4.81. The van der Waals surface area contributed by atoms with Crippen molar-refractivity contribution in [1.82, 2.24) is 10.6 Å². The Bertz CT molecular complexity index is 713. The van der Waals surface area contributed by atoms with Crippen LogP contribution in [-0.2, 0) is 14.3 Å². The lowest BCUT2D eigenvalue weighted by Crippen LogP contribution is -2.57. The number of nitrogens with zero attached hydrogens (tertiary/aromatic N) is 1. The highest BCUT2D eigenvalue weighted by Crippen LogP contribution is 2.29. The second kappa shape index (κ2) is 7.73. The van der Waals surface area contributed by atoms with E-state index in [1.54, 1.807) is 6.92 Å². The lowest BCUT2D eigenvalue weighted by molar-refractivity contribution is -0.274. The predicted octanol–water partition coefficient (Wildman–Crippen LogP) is 1.18. The van der Waals surface area contributed by atoms with Crippen LogP contribution in [0.3, 0.4) is 0 Å². The lowest BCUT2D eigenvalue weighted by atomic mass is 10.1. The molecule has 0 aliphatic carbocycles. The molecule has 2 saturated heterocycles. The third kappa shape index (κ3) is 4.69. The van der Waals surface area contributed by atoms with Gasteiger partial charge in [-0.15, -0.1) is 13.2 Å². The van der Waals surface area contributed by atoms with Crippen molar-refractivity contribution >= 4 is 17.5 Å². The molecule has 7 nitrogen and oxygen atoms in total. The molecule has 2 heterocycles. The van der Waals surface area contributed by atoms with Gasteiger partial charge in [0.2, 0.25) is 11.8 Å².